The molecule has 1 saturated carbocycles. The molecule has 116 valence electrons. The number of aromatic nitrogens is 1. The van der Waals surface area contributed by atoms with E-state index in [-0.39, 0.29) is 24.5 Å². The van der Waals surface area contributed by atoms with Gasteiger partial charge in [-0.25, -0.2) is 0 Å². The van der Waals surface area contributed by atoms with Crippen molar-refractivity contribution in [3.63, 3.8) is 0 Å². The molecule has 2 atom stereocenters. The predicted molar refractivity (Wildman–Crippen MR) is 86.0 cm³/mol. The van der Waals surface area contributed by atoms with Gasteiger partial charge in [-0.05, 0) is 24.5 Å². The molecule has 1 aromatic heterocycles. The third-order valence-electron chi connectivity index (χ3n) is 3.96. The highest BCUT2D eigenvalue weighted by Crippen LogP contribution is 2.23. The molecule has 1 heterocycles. The third-order valence-corrected chi connectivity index (χ3v) is 4.97. The highest BCUT2D eigenvalue weighted by Gasteiger charge is 2.24. The Bertz CT molecular complexity index is 428. The van der Waals surface area contributed by atoms with Gasteiger partial charge >= 0.3 is 0 Å². The van der Waals surface area contributed by atoms with Crippen LogP contribution in [0.2, 0.25) is 0 Å². The second-order valence-corrected chi connectivity index (χ2v) is 6.59. The van der Waals surface area contributed by atoms with Gasteiger partial charge < -0.3 is 10.4 Å². The largest absolute Gasteiger partial charge is 0.396 e. The number of aliphatic hydroxyl groups is 1. The lowest BCUT2D eigenvalue weighted by atomic mass is 9.96. The average molecular weight is 308 g/mol. The molecule has 0 saturated heterocycles. The second kappa shape index (κ2) is 9.05. The number of rotatable bonds is 6. The van der Waals surface area contributed by atoms with E-state index in [2.05, 4.69) is 10.3 Å². The zero-order valence-corrected chi connectivity index (χ0v) is 13.1. The maximum atomic E-state index is 12.0. The number of carbonyl (C=O) groups excluding carboxylic acids is 1. The van der Waals surface area contributed by atoms with E-state index >= 15 is 0 Å². The Kier molecular flexibility index (Phi) is 7.03. The summed E-state index contributed by atoms with van der Waals surface area (Å²) in [5, 5.41) is 12.6. The van der Waals surface area contributed by atoms with E-state index in [1.807, 2.05) is 18.3 Å². The van der Waals surface area contributed by atoms with Crippen LogP contribution in [0.4, 0.5) is 0 Å². The van der Waals surface area contributed by atoms with Crippen molar-refractivity contribution < 1.29 is 9.90 Å². The normalized spacial score (nSPS) is 22.5. The van der Waals surface area contributed by atoms with Crippen LogP contribution in [0.3, 0.4) is 0 Å². The first-order valence-electron chi connectivity index (χ1n) is 7.66. The molecule has 2 unspecified atom stereocenters. The van der Waals surface area contributed by atoms with Gasteiger partial charge in [-0.2, -0.15) is 0 Å². The van der Waals surface area contributed by atoms with Crippen LogP contribution in [0.15, 0.2) is 24.5 Å². The molecule has 1 aromatic rings. The van der Waals surface area contributed by atoms with Gasteiger partial charge in [0.2, 0.25) is 5.91 Å². The molecular formula is C16H24N2O2S. The van der Waals surface area contributed by atoms with Crippen LogP contribution >= 0.6 is 11.8 Å². The molecule has 4 nitrogen and oxygen atoms in total. The number of amides is 1. The highest BCUT2D eigenvalue weighted by atomic mass is 32.2. The number of hydrogen-bond donors (Lipinski definition) is 2. The summed E-state index contributed by atoms with van der Waals surface area (Å²) in [6.45, 7) is 0.174. The molecule has 2 N–H and O–H groups in total. The average Bonchev–Trinajstić information content (AvgIpc) is 2.73. The summed E-state index contributed by atoms with van der Waals surface area (Å²) < 4.78 is 0. The number of pyridine rings is 1. The Morgan fingerprint density at radius 1 is 1.38 bits per heavy atom. The van der Waals surface area contributed by atoms with E-state index < -0.39 is 0 Å². The van der Waals surface area contributed by atoms with Crippen LogP contribution < -0.4 is 5.32 Å². The highest BCUT2D eigenvalue weighted by molar-refractivity contribution is 7.99. The minimum Gasteiger partial charge on any atom is -0.396 e. The zero-order valence-electron chi connectivity index (χ0n) is 12.3. The minimum atomic E-state index is 0.0780. The standard InChI is InChI=1S/C16H24N2O2S/c19-10-14-6-2-1-3-7-15(14)18-16(20)12-21-11-13-5-4-8-17-9-13/h4-5,8-9,14-15,19H,1-3,6-7,10-12H2,(H,18,20). The second-order valence-electron chi connectivity index (χ2n) is 5.61. The number of aliphatic hydroxyl groups excluding tert-OH is 1. The molecular weight excluding hydrogens is 284 g/mol. The van der Waals surface area contributed by atoms with Crippen molar-refractivity contribution in [1.29, 1.82) is 0 Å². The van der Waals surface area contributed by atoms with Crippen molar-refractivity contribution in [2.45, 2.75) is 43.9 Å². The van der Waals surface area contributed by atoms with Crippen molar-refractivity contribution in [3.05, 3.63) is 30.1 Å². The zero-order chi connectivity index (χ0) is 14.9. The number of carbonyl (C=O) groups is 1. The lowest BCUT2D eigenvalue weighted by Crippen LogP contribution is -2.42. The molecule has 1 fully saturated rings. The first-order chi connectivity index (χ1) is 10.3. The summed E-state index contributed by atoms with van der Waals surface area (Å²) in [5.74, 6) is 1.56. The summed E-state index contributed by atoms with van der Waals surface area (Å²) in [6, 6.07) is 4.07. The molecule has 0 aliphatic heterocycles. The van der Waals surface area contributed by atoms with Crippen molar-refractivity contribution >= 4 is 17.7 Å². The molecule has 1 aliphatic rings. The van der Waals surface area contributed by atoms with Gasteiger partial charge in [-0.3, -0.25) is 9.78 Å². The van der Waals surface area contributed by atoms with Crippen LogP contribution in [0.1, 0.15) is 37.7 Å². The van der Waals surface area contributed by atoms with E-state index in [1.54, 1.807) is 18.0 Å². The van der Waals surface area contributed by atoms with Crippen molar-refractivity contribution in [3.8, 4) is 0 Å². The van der Waals surface area contributed by atoms with Gasteiger partial charge in [0.05, 0.1) is 5.75 Å². The van der Waals surface area contributed by atoms with Crippen LogP contribution in [-0.4, -0.2) is 34.4 Å². The first-order valence-corrected chi connectivity index (χ1v) is 8.82. The molecule has 1 amide bonds. The van der Waals surface area contributed by atoms with E-state index in [0.717, 1.165) is 37.0 Å². The van der Waals surface area contributed by atoms with Crippen LogP contribution in [0.25, 0.3) is 0 Å². The fourth-order valence-corrected chi connectivity index (χ4v) is 3.56. The molecule has 5 heteroatoms. The fraction of sp³-hybridized carbons (Fsp3) is 0.625. The van der Waals surface area contributed by atoms with Gasteiger partial charge in [0.15, 0.2) is 0 Å². The summed E-state index contributed by atoms with van der Waals surface area (Å²) in [7, 11) is 0. The van der Waals surface area contributed by atoms with Gasteiger partial charge in [-0.15, -0.1) is 11.8 Å². The van der Waals surface area contributed by atoms with E-state index in [1.165, 1.54) is 6.42 Å². The molecule has 1 aliphatic carbocycles. The lowest BCUT2D eigenvalue weighted by molar-refractivity contribution is -0.119. The topological polar surface area (TPSA) is 62.2 Å². The Balaban J connectivity index is 1.72. The molecule has 0 bridgehead atoms. The Morgan fingerprint density at radius 3 is 3.00 bits per heavy atom. The molecule has 0 radical (unpaired) electrons. The number of nitrogens with one attached hydrogen (secondary N) is 1. The smallest absolute Gasteiger partial charge is 0.230 e. The summed E-state index contributed by atoms with van der Waals surface area (Å²) >= 11 is 1.60. The maximum absolute atomic E-state index is 12.0. The van der Waals surface area contributed by atoms with Crippen molar-refractivity contribution in [2.24, 2.45) is 5.92 Å². The molecule has 21 heavy (non-hydrogen) atoms. The quantitative estimate of drug-likeness (QED) is 0.792. The Hall–Kier alpha value is -1.07. The fourth-order valence-electron chi connectivity index (χ4n) is 2.79. The number of hydrogen-bond acceptors (Lipinski definition) is 4. The maximum Gasteiger partial charge on any atom is 0.230 e. The lowest BCUT2D eigenvalue weighted by Gasteiger charge is -2.24. The monoisotopic (exact) mass is 308 g/mol. The summed E-state index contributed by atoms with van der Waals surface area (Å²) in [6.07, 6.45) is 9.10. The van der Waals surface area contributed by atoms with E-state index in [4.69, 9.17) is 0 Å². The number of nitrogens with zero attached hydrogens (tertiary/aromatic N) is 1. The first kappa shape index (κ1) is 16.3. The predicted octanol–water partition coefficient (Wildman–Crippen LogP) is 2.37. The Labute approximate surface area is 130 Å². The summed E-state index contributed by atoms with van der Waals surface area (Å²) in [4.78, 5) is 16.1. The van der Waals surface area contributed by atoms with Crippen molar-refractivity contribution in [1.82, 2.24) is 10.3 Å². The van der Waals surface area contributed by atoms with Gasteiger partial charge in [-0.1, -0.05) is 25.3 Å². The number of thioether (sulfide) groups is 1. The van der Waals surface area contributed by atoms with E-state index in [9.17, 15) is 9.90 Å². The van der Waals surface area contributed by atoms with Gasteiger partial charge in [0.1, 0.15) is 0 Å². The van der Waals surface area contributed by atoms with E-state index in [0.29, 0.717) is 5.75 Å². The SMILES string of the molecule is O=C(CSCc1cccnc1)NC1CCCCCC1CO. The van der Waals surface area contributed by atoms with Crippen LogP contribution in [-0.2, 0) is 10.5 Å². The Morgan fingerprint density at radius 2 is 2.24 bits per heavy atom. The molecule has 0 aromatic carbocycles. The van der Waals surface area contributed by atoms with Gasteiger partial charge in [0.25, 0.3) is 0 Å². The van der Waals surface area contributed by atoms with Crippen molar-refractivity contribution in [2.75, 3.05) is 12.4 Å². The minimum absolute atomic E-state index is 0.0780. The molecule has 2 rings (SSSR count). The summed E-state index contributed by atoms with van der Waals surface area (Å²) in [5.41, 5.74) is 1.14. The van der Waals surface area contributed by atoms with Crippen LogP contribution in [0, 0.1) is 5.92 Å². The molecule has 0 spiro atoms. The van der Waals surface area contributed by atoms with Gasteiger partial charge in [0, 0.05) is 36.7 Å². The van der Waals surface area contributed by atoms with Crippen LogP contribution in [0.5, 0.6) is 0 Å². The third kappa shape index (κ3) is 5.67.